The molecule has 1 aliphatic carbocycles. The molecular weight excluding hydrogens is 486 g/mol. The van der Waals surface area contributed by atoms with Crippen LogP contribution in [0, 0.1) is 18.8 Å². The summed E-state index contributed by atoms with van der Waals surface area (Å²) in [7, 11) is 2.21. The zero-order chi connectivity index (χ0) is 27.7. The number of benzene rings is 4. The summed E-state index contributed by atoms with van der Waals surface area (Å²) in [4.78, 5) is 0. The van der Waals surface area contributed by atoms with Crippen LogP contribution in [0.4, 0.5) is 0 Å². The highest BCUT2D eigenvalue weighted by Crippen LogP contribution is 2.53. The van der Waals surface area contributed by atoms with E-state index in [1.54, 1.807) is 0 Å². The van der Waals surface area contributed by atoms with Gasteiger partial charge in [-0.15, -0.1) is 0 Å². The highest BCUT2D eigenvalue weighted by molar-refractivity contribution is 6.17. The van der Waals surface area contributed by atoms with Crippen LogP contribution in [0.25, 0.3) is 43.6 Å². The smallest absolute Gasteiger partial charge is 0.228 e. The van der Waals surface area contributed by atoms with Crippen molar-refractivity contribution in [3.8, 4) is 22.8 Å². The van der Waals surface area contributed by atoms with Crippen molar-refractivity contribution in [2.75, 3.05) is 0 Å². The summed E-state index contributed by atoms with van der Waals surface area (Å²) < 4.78 is 9.42. The normalized spacial score (nSPS) is 15.1. The number of rotatable bonds is 5. The van der Waals surface area contributed by atoms with Crippen LogP contribution in [0.15, 0.2) is 54.7 Å². The van der Waals surface area contributed by atoms with Gasteiger partial charge in [0.25, 0.3) is 0 Å². The SMILES string of the molecule is Cc1c2c(c(CC(C)C)c3ccc(CC(C)C)cc13)Oc1cc3cccc(C4CCCC4)c3c3cc[n+](C)c-2c13. The minimum Gasteiger partial charge on any atom is -0.455 e. The molecular formula is C38H42NO+. The summed E-state index contributed by atoms with van der Waals surface area (Å²) in [6, 6.07) is 18.8. The van der Waals surface area contributed by atoms with Gasteiger partial charge in [-0.25, -0.2) is 4.57 Å². The molecule has 0 bridgehead atoms. The molecule has 0 saturated heterocycles. The van der Waals surface area contributed by atoms with Crippen LogP contribution in [0.5, 0.6) is 11.5 Å². The van der Waals surface area contributed by atoms with E-state index in [1.165, 1.54) is 91.5 Å². The number of nitrogens with zero attached hydrogens (tertiary/aromatic N) is 1. The number of hydrogen-bond donors (Lipinski definition) is 0. The summed E-state index contributed by atoms with van der Waals surface area (Å²) in [6.07, 6.45) is 9.67. The molecule has 1 aliphatic heterocycles. The zero-order valence-corrected chi connectivity index (χ0v) is 25.0. The van der Waals surface area contributed by atoms with E-state index in [2.05, 4.69) is 101 Å². The molecule has 204 valence electrons. The molecule has 2 aliphatic rings. The summed E-state index contributed by atoms with van der Waals surface area (Å²) >= 11 is 0. The number of ether oxygens (including phenoxy) is 1. The van der Waals surface area contributed by atoms with E-state index in [4.69, 9.17) is 4.74 Å². The van der Waals surface area contributed by atoms with Crippen LogP contribution in [0.1, 0.15) is 81.5 Å². The highest BCUT2D eigenvalue weighted by atomic mass is 16.5. The van der Waals surface area contributed by atoms with Crippen molar-refractivity contribution in [1.29, 1.82) is 0 Å². The molecule has 1 fully saturated rings. The van der Waals surface area contributed by atoms with Gasteiger partial charge in [-0.3, -0.25) is 0 Å². The Morgan fingerprint density at radius 1 is 0.850 bits per heavy atom. The maximum Gasteiger partial charge on any atom is 0.228 e. The second-order valence-corrected chi connectivity index (χ2v) is 13.4. The molecule has 0 unspecified atom stereocenters. The Hall–Kier alpha value is -3.39. The standard InChI is InChI=1S/C38H42NO/c1-22(2)18-25-14-15-29-31(20-25)24(5)34-37-36-30(16-17-39(37)6)35-27(12-9-13-28(35)26-10-7-8-11-26)21-33(36)40-38(34)32(29)19-23(3)4/h9,12-17,20-23,26H,7-8,10-11,18-19H2,1-6H3/q+1. The Morgan fingerprint density at radius 2 is 1.62 bits per heavy atom. The van der Waals surface area contributed by atoms with E-state index in [0.29, 0.717) is 17.8 Å². The second kappa shape index (κ2) is 9.61. The van der Waals surface area contributed by atoms with Crippen molar-refractivity contribution in [2.24, 2.45) is 18.9 Å². The lowest BCUT2D eigenvalue weighted by Gasteiger charge is -2.27. The average molecular weight is 529 g/mol. The fraction of sp³-hybridized carbons (Fsp3) is 0.395. The Morgan fingerprint density at radius 3 is 2.38 bits per heavy atom. The van der Waals surface area contributed by atoms with Crippen molar-refractivity contribution in [3.05, 3.63) is 77.0 Å². The van der Waals surface area contributed by atoms with Crippen LogP contribution in [-0.2, 0) is 19.9 Å². The third-order valence-electron chi connectivity index (χ3n) is 9.44. The number of aromatic nitrogens is 1. The Balaban J connectivity index is 1.59. The molecule has 2 heterocycles. The molecule has 5 aromatic rings. The van der Waals surface area contributed by atoms with Crippen LogP contribution in [0.2, 0.25) is 0 Å². The molecule has 0 radical (unpaired) electrons. The van der Waals surface area contributed by atoms with Gasteiger partial charge in [-0.2, -0.15) is 0 Å². The molecule has 0 amide bonds. The first-order valence-corrected chi connectivity index (χ1v) is 15.5. The van der Waals surface area contributed by atoms with Crippen molar-refractivity contribution >= 4 is 32.3 Å². The van der Waals surface area contributed by atoms with Crippen molar-refractivity contribution < 1.29 is 9.30 Å². The van der Waals surface area contributed by atoms with E-state index in [9.17, 15) is 0 Å². The van der Waals surface area contributed by atoms with Gasteiger partial charge >= 0.3 is 0 Å². The van der Waals surface area contributed by atoms with Gasteiger partial charge < -0.3 is 4.74 Å². The van der Waals surface area contributed by atoms with E-state index in [0.717, 1.165) is 24.3 Å². The monoisotopic (exact) mass is 528 g/mol. The third-order valence-corrected chi connectivity index (χ3v) is 9.44. The van der Waals surface area contributed by atoms with Gasteiger partial charge in [0.2, 0.25) is 5.69 Å². The Labute approximate surface area is 239 Å². The lowest BCUT2D eigenvalue weighted by atomic mass is 9.83. The van der Waals surface area contributed by atoms with Gasteiger partial charge in [0.15, 0.2) is 6.20 Å². The molecule has 7 rings (SSSR count). The molecule has 2 nitrogen and oxygen atoms in total. The van der Waals surface area contributed by atoms with E-state index >= 15 is 0 Å². The summed E-state index contributed by atoms with van der Waals surface area (Å²) in [6.45, 7) is 11.6. The average Bonchev–Trinajstić information content (AvgIpc) is 3.46. The fourth-order valence-corrected chi connectivity index (χ4v) is 7.76. The van der Waals surface area contributed by atoms with Crippen LogP contribution >= 0.6 is 0 Å². The molecule has 0 N–H and O–H groups in total. The van der Waals surface area contributed by atoms with Crippen molar-refractivity contribution in [2.45, 2.75) is 79.1 Å². The minimum atomic E-state index is 0.533. The Kier molecular flexibility index (Phi) is 6.15. The first kappa shape index (κ1) is 25.6. The summed E-state index contributed by atoms with van der Waals surface area (Å²) in [5, 5.41) is 8.07. The molecule has 4 aromatic carbocycles. The summed E-state index contributed by atoms with van der Waals surface area (Å²) in [5.74, 6) is 3.90. The molecule has 1 aromatic heterocycles. The van der Waals surface area contributed by atoms with Crippen molar-refractivity contribution in [1.82, 2.24) is 0 Å². The molecule has 40 heavy (non-hydrogen) atoms. The lowest BCUT2D eigenvalue weighted by molar-refractivity contribution is -0.659. The lowest BCUT2D eigenvalue weighted by Crippen LogP contribution is -2.32. The maximum atomic E-state index is 7.08. The summed E-state index contributed by atoms with van der Waals surface area (Å²) in [5.41, 5.74) is 8.22. The highest BCUT2D eigenvalue weighted by Gasteiger charge is 2.34. The third kappa shape index (κ3) is 3.94. The van der Waals surface area contributed by atoms with Crippen LogP contribution in [0.3, 0.4) is 0 Å². The van der Waals surface area contributed by atoms with Crippen molar-refractivity contribution in [3.63, 3.8) is 0 Å². The first-order chi connectivity index (χ1) is 19.3. The van der Waals surface area contributed by atoms with Gasteiger partial charge in [-0.1, -0.05) is 76.9 Å². The predicted octanol–water partition coefficient (Wildman–Crippen LogP) is 10.1. The second-order valence-electron chi connectivity index (χ2n) is 13.4. The first-order valence-electron chi connectivity index (χ1n) is 15.5. The molecule has 0 spiro atoms. The molecule has 1 saturated carbocycles. The van der Waals surface area contributed by atoms with E-state index in [1.807, 2.05) is 0 Å². The predicted molar refractivity (Wildman–Crippen MR) is 169 cm³/mol. The van der Waals surface area contributed by atoms with E-state index < -0.39 is 0 Å². The fourth-order valence-electron chi connectivity index (χ4n) is 7.76. The molecule has 2 heteroatoms. The zero-order valence-electron chi connectivity index (χ0n) is 25.0. The van der Waals surface area contributed by atoms with Crippen LogP contribution in [-0.4, -0.2) is 0 Å². The van der Waals surface area contributed by atoms with E-state index in [-0.39, 0.29) is 0 Å². The topological polar surface area (TPSA) is 13.1 Å². The van der Waals surface area contributed by atoms with Gasteiger partial charge in [0.1, 0.15) is 18.5 Å². The van der Waals surface area contributed by atoms with Gasteiger partial charge in [0.05, 0.1) is 10.9 Å². The van der Waals surface area contributed by atoms with Crippen LogP contribution < -0.4 is 9.30 Å². The number of fused-ring (bicyclic) bond motifs is 5. The maximum absolute atomic E-state index is 7.08. The molecule has 0 atom stereocenters. The number of aryl methyl sites for hydroxylation is 2. The minimum absolute atomic E-state index is 0.533. The van der Waals surface area contributed by atoms with Gasteiger partial charge in [-0.05, 0) is 94.7 Å². The quantitative estimate of drug-likeness (QED) is 0.160. The number of pyridine rings is 1. The Bertz CT molecular complexity index is 1800. The van der Waals surface area contributed by atoms with Gasteiger partial charge in [0, 0.05) is 17.0 Å². The largest absolute Gasteiger partial charge is 0.455 e. The number of hydrogen-bond acceptors (Lipinski definition) is 1.